The van der Waals surface area contributed by atoms with Gasteiger partial charge in [0.15, 0.2) is 5.96 Å². The van der Waals surface area contributed by atoms with E-state index < -0.39 is 0 Å². The van der Waals surface area contributed by atoms with Crippen molar-refractivity contribution in [1.29, 1.82) is 0 Å². The summed E-state index contributed by atoms with van der Waals surface area (Å²) in [5.74, 6) is 0.830. The van der Waals surface area contributed by atoms with Crippen LogP contribution >= 0.6 is 0 Å². The molecular formula is C19H30N6. The molecule has 6 nitrogen and oxygen atoms in total. The molecule has 0 fully saturated rings. The molecule has 0 unspecified atom stereocenters. The number of aliphatic imine (C=N–C) groups is 1. The summed E-state index contributed by atoms with van der Waals surface area (Å²) in [6, 6.07) is 10.6. The molecule has 0 atom stereocenters. The third-order valence-electron chi connectivity index (χ3n) is 4.08. The first kappa shape index (κ1) is 19.0. The van der Waals surface area contributed by atoms with Crippen LogP contribution in [0.25, 0.3) is 0 Å². The van der Waals surface area contributed by atoms with E-state index in [9.17, 15) is 0 Å². The van der Waals surface area contributed by atoms with Gasteiger partial charge in [0.05, 0.1) is 0 Å². The second-order valence-corrected chi connectivity index (χ2v) is 6.13. The van der Waals surface area contributed by atoms with E-state index in [0.717, 1.165) is 45.1 Å². The van der Waals surface area contributed by atoms with Gasteiger partial charge in [-0.25, -0.2) is 0 Å². The van der Waals surface area contributed by atoms with Crippen LogP contribution in [0.15, 0.2) is 47.7 Å². The quantitative estimate of drug-likeness (QED) is 0.416. The molecule has 25 heavy (non-hydrogen) atoms. The summed E-state index contributed by atoms with van der Waals surface area (Å²) in [7, 11) is 3.94. The Morgan fingerprint density at radius 3 is 2.80 bits per heavy atom. The minimum absolute atomic E-state index is 0.766. The van der Waals surface area contributed by atoms with E-state index in [-0.39, 0.29) is 0 Å². The number of hydrogen-bond acceptors (Lipinski definition) is 3. The molecule has 0 bridgehead atoms. The van der Waals surface area contributed by atoms with Crippen molar-refractivity contribution >= 4 is 5.96 Å². The number of nitrogens with one attached hydrogen (secondary N) is 2. The summed E-state index contributed by atoms with van der Waals surface area (Å²) >= 11 is 0. The van der Waals surface area contributed by atoms with Gasteiger partial charge in [-0.1, -0.05) is 31.2 Å². The van der Waals surface area contributed by atoms with Crippen LogP contribution in [0.3, 0.4) is 0 Å². The number of benzene rings is 1. The molecule has 2 N–H and O–H groups in total. The van der Waals surface area contributed by atoms with Crippen LogP contribution in [0.5, 0.6) is 0 Å². The molecule has 6 heteroatoms. The molecule has 0 aliphatic carbocycles. The highest BCUT2D eigenvalue weighted by atomic mass is 15.3. The highest BCUT2D eigenvalue weighted by Crippen LogP contribution is 2.07. The zero-order chi connectivity index (χ0) is 17.9. The number of guanidine groups is 1. The molecule has 0 saturated heterocycles. The normalized spacial score (nSPS) is 11.8. The number of nitrogens with zero attached hydrogens (tertiary/aromatic N) is 4. The molecule has 2 aromatic rings. The summed E-state index contributed by atoms with van der Waals surface area (Å²) < 4.78 is 1.94. The zero-order valence-electron chi connectivity index (χ0n) is 15.6. The Bertz CT molecular complexity index is 635. The summed E-state index contributed by atoms with van der Waals surface area (Å²) in [5.41, 5.74) is 2.60. The number of aryl methyl sites for hydroxylation is 1. The van der Waals surface area contributed by atoms with E-state index in [1.165, 1.54) is 11.1 Å². The van der Waals surface area contributed by atoms with Gasteiger partial charge in [0.1, 0.15) is 0 Å². The van der Waals surface area contributed by atoms with Gasteiger partial charge in [0, 0.05) is 45.6 Å². The Morgan fingerprint density at radius 1 is 1.24 bits per heavy atom. The lowest BCUT2D eigenvalue weighted by molar-refractivity contribution is 0.345. The molecule has 0 radical (unpaired) electrons. The first-order valence-electron chi connectivity index (χ1n) is 8.89. The van der Waals surface area contributed by atoms with Gasteiger partial charge in [0.2, 0.25) is 0 Å². The van der Waals surface area contributed by atoms with Crippen LogP contribution in [-0.4, -0.2) is 47.8 Å². The van der Waals surface area contributed by atoms with E-state index in [4.69, 9.17) is 0 Å². The van der Waals surface area contributed by atoms with E-state index in [2.05, 4.69) is 63.9 Å². The molecule has 2 rings (SSSR count). The monoisotopic (exact) mass is 342 g/mol. The van der Waals surface area contributed by atoms with Crippen LogP contribution in [0.2, 0.25) is 0 Å². The fraction of sp³-hybridized carbons (Fsp3) is 0.474. The summed E-state index contributed by atoms with van der Waals surface area (Å²) in [6.07, 6.45) is 4.79. The highest BCUT2D eigenvalue weighted by molar-refractivity contribution is 5.79. The molecule has 1 aromatic carbocycles. The average molecular weight is 342 g/mol. The van der Waals surface area contributed by atoms with Crippen molar-refractivity contribution in [3.8, 4) is 0 Å². The fourth-order valence-corrected chi connectivity index (χ4v) is 2.55. The largest absolute Gasteiger partial charge is 0.356 e. The maximum atomic E-state index is 4.29. The molecule has 1 heterocycles. The third kappa shape index (κ3) is 6.97. The van der Waals surface area contributed by atoms with Crippen molar-refractivity contribution < 1.29 is 0 Å². The lowest BCUT2D eigenvalue weighted by Gasteiger charge is -2.15. The highest BCUT2D eigenvalue weighted by Gasteiger charge is 2.02. The molecule has 0 aliphatic heterocycles. The van der Waals surface area contributed by atoms with Crippen LogP contribution in [0, 0.1) is 0 Å². The van der Waals surface area contributed by atoms with Gasteiger partial charge in [-0.15, -0.1) is 0 Å². The van der Waals surface area contributed by atoms with E-state index in [1.54, 1.807) is 13.2 Å². The van der Waals surface area contributed by atoms with Crippen molar-refractivity contribution in [1.82, 2.24) is 25.3 Å². The van der Waals surface area contributed by atoms with Crippen molar-refractivity contribution in [3.05, 3.63) is 53.9 Å². The topological polar surface area (TPSA) is 57.5 Å². The number of hydrogen-bond donors (Lipinski definition) is 2. The molecule has 136 valence electrons. The van der Waals surface area contributed by atoms with Gasteiger partial charge < -0.3 is 15.5 Å². The lowest BCUT2D eigenvalue weighted by Crippen LogP contribution is -2.37. The molecule has 1 aromatic heterocycles. The summed E-state index contributed by atoms with van der Waals surface area (Å²) in [6.45, 7) is 6.74. The van der Waals surface area contributed by atoms with Crippen molar-refractivity contribution in [2.45, 2.75) is 33.0 Å². The standard InChI is InChI=1S/C19H30N6/c1-4-24(3)16-18-9-5-8-17(14-18)15-22-19(20-2)21-10-6-12-25-13-7-11-23-25/h5,7-9,11,13-14H,4,6,10,12,15-16H2,1-3H3,(H2,20,21,22). The van der Waals surface area contributed by atoms with Crippen LogP contribution in [-0.2, 0) is 19.6 Å². The second-order valence-electron chi connectivity index (χ2n) is 6.13. The Labute approximate surface area is 151 Å². The van der Waals surface area contributed by atoms with Crippen LogP contribution in [0.1, 0.15) is 24.5 Å². The lowest BCUT2D eigenvalue weighted by atomic mass is 10.1. The molecular weight excluding hydrogens is 312 g/mol. The maximum absolute atomic E-state index is 4.29. The Kier molecular flexibility index (Phi) is 7.98. The maximum Gasteiger partial charge on any atom is 0.191 e. The second kappa shape index (κ2) is 10.5. The van der Waals surface area contributed by atoms with Gasteiger partial charge in [-0.2, -0.15) is 5.10 Å². The molecule has 0 aliphatic rings. The number of rotatable bonds is 9. The van der Waals surface area contributed by atoms with Gasteiger partial charge >= 0.3 is 0 Å². The van der Waals surface area contributed by atoms with E-state index in [0.29, 0.717) is 0 Å². The molecule has 0 spiro atoms. The van der Waals surface area contributed by atoms with Gasteiger partial charge in [0.25, 0.3) is 0 Å². The minimum Gasteiger partial charge on any atom is -0.356 e. The Balaban J connectivity index is 1.73. The number of aromatic nitrogens is 2. The zero-order valence-corrected chi connectivity index (χ0v) is 15.6. The Hall–Kier alpha value is -2.34. The SMILES string of the molecule is CCN(C)Cc1cccc(CNC(=NC)NCCCn2cccn2)c1. The first-order chi connectivity index (χ1) is 12.2. The van der Waals surface area contributed by atoms with Crippen molar-refractivity contribution in [2.24, 2.45) is 4.99 Å². The van der Waals surface area contributed by atoms with Crippen molar-refractivity contribution in [2.75, 3.05) is 27.2 Å². The van der Waals surface area contributed by atoms with Gasteiger partial charge in [-0.3, -0.25) is 9.67 Å². The minimum atomic E-state index is 0.766. The smallest absolute Gasteiger partial charge is 0.191 e. The Morgan fingerprint density at radius 2 is 2.08 bits per heavy atom. The van der Waals surface area contributed by atoms with E-state index >= 15 is 0 Å². The van der Waals surface area contributed by atoms with Crippen molar-refractivity contribution in [3.63, 3.8) is 0 Å². The summed E-state index contributed by atoms with van der Waals surface area (Å²) in [5, 5.41) is 10.9. The van der Waals surface area contributed by atoms with Crippen LogP contribution in [0.4, 0.5) is 0 Å². The van der Waals surface area contributed by atoms with Crippen LogP contribution < -0.4 is 10.6 Å². The first-order valence-corrected chi connectivity index (χ1v) is 8.89. The molecule has 0 saturated carbocycles. The average Bonchev–Trinajstić information content (AvgIpc) is 3.15. The third-order valence-corrected chi connectivity index (χ3v) is 4.08. The fourth-order valence-electron chi connectivity index (χ4n) is 2.55. The molecule has 0 amide bonds. The predicted octanol–water partition coefficient (Wildman–Crippen LogP) is 2.09. The predicted molar refractivity (Wildman–Crippen MR) is 103 cm³/mol. The van der Waals surface area contributed by atoms with E-state index in [1.807, 2.05) is 16.9 Å². The summed E-state index contributed by atoms with van der Waals surface area (Å²) in [4.78, 5) is 6.58. The van der Waals surface area contributed by atoms with Gasteiger partial charge in [-0.05, 0) is 37.2 Å².